The van der Waals surface area contributed by atoms with Crippen LogP contribution >= 0.6 is 0 Å². The minimum absolute atomic E-state index is 0.144. The average molecular weight is 453 g/mol. The molecule has 5 rings (SSSR count). The van der Waals surface area contributed by atoms with Crippen molar-refractivity contribution in [3.63, 3.8) is 0 Å². The molecule has 34 heavy (non-hydrogen) atoms. The molecule has 8 nitrogen and oxygen atoms in total. The third-order valence-corrected chi connectivity index (χ3v) is 5.70. The van der Waals surface area contributed by atoms with E-state index in [1.165, 1.54) is 0 Å². The van der Waals surface area contributed by atoms with Gasteiger partial charge in [-0.1, -0.05) is 71.9 Å². The first-order valence-corrected chi connectivity index (χ1v) is 11.1. The van der Waals surface area contributed by atoms with Crippen LogP contribution < -0.4 is 0 Å². The van der Waals surface area contributed by atoms with Crippen LogP contribution in [0, 0.1) is 0 Å². The summed E-state index contributed by atoms with van der Waals surface area (Å²) in [5, 5.41) is 26.4. The molecule has 0 aliphatic heterocycles. The molecule has 0 radical (unpaired) electrons. The van der Waals surface area contributed by atoms with Crippen molar-refractivity contribution in [3.8, 4) is 11.3 Å². The first-order valence-electron chi connectivity index (χ1n) is 11.1. The zero-order valence-electron chi connectivity index (χ0n) is 18.5. The van der Waals surface area contributed by atoms with E-state index in [1.807, 2.05) is 78.9 Å². The number of hydrogen-bond acceptors (Lipinski definition) is 5. The third kappa shape index (κ3) is 4.44. The second-order valence-corrected chi connectivity index (χ2v) is 8.04. The predicted molar refractivity (Wildman–Crippen MR) is 129 cm³/mol. The Hall–Kier alpha value is -4.30. The number of aromatic nitrogens is 5. The van der Waals surface area contributed by atoms with Crippen LogP contribution in [0.4, 0.5) is 0 Å². The van der Waals surface area contributed by atoms with E-state index in [2.05, 4.69) is 20.5 Å². The summed E-state index contributed by atoms with van der Waals surface area (Å²) in [7, 11) is 0. The van der Waals surface area contributed by atoms with Gasteiger partial charge in [0.2, 0.25) is 0 Å². The van der Waals surface area contributed by atoms with Crippen molar-refractivity contribution in [2.75, 3.05) is 13.2 Å². The maximum absolute atomic E-state index is 13.9. The lowest BCUT2D eigenvalue weighted by Gasteiger charge is -2.22. The van der Waals surface area contributed by atoms with Crippen LogP contribution in [0.2, 0.25) is 0 Å². The van der Waals surface area contributed by atoms with Gasteiger partial charge in [-0.3, -0.25) is 9.89 Å². The van der Waals surface area contributed by atoms with Gasteiger partial charge >= 0.3 is 0 Å². The Bertz CT molecular complexity index is 1390. The van der Waals surface area contributed by atoms with Crippen molar-refractivity contribution in [2.24, 2.45) is 0 Å². The second-order valence-electron chi connectivity index (χ2n) is 8.04. The number of rotatable bonds is 8. The molecule has 0 aliphatic carbocycles. The van der Waals surface area contributed by atoms with Crippen molar-refractivity contribution in [3.05, 3.63) is 102 Å². The third-order valence-electron chi connectivity index (χ3n) is 5.70. The van der Waals surface area contributed by atoms with Crippen molar-refractivity contribution in [1.29, 1.82) is 0 Å². The number of carbonyl (C=O) groups is 1. The quantitative estimate of drug-likeness (QED) is 0.375. The zero-order valence-corrected chi connectivity index (χ0v) is 18.5. The number of nitrogens with zero attached hydrogens (tertiary/aromatic N) is 5. The van der Waals surface area contributed by atoms with Crippen LogP contribution in [0.5, 0.6) is 0 Å². The van der Waals surface area contributed by atoms with E-state index < -0.39 is 0 Å². The molecule has 0 saturated heterocycles. The molecule has 5 aromatic rings. The standard InChI is InChI=1S/C26H24N6O2/c33-14-13-31(17-19-7-3-1-4-8-19)26(34)25-24(21-11-12-23-22(15-21)16-27-28-23)29-30-32(25)18-20-9-5-2-6-10-20/h1-12,15-16,33H,13-14,17-18H2,(H,27,28). The number of nitrogens with one attached hydrogen (secondary N) is 1. The van der Waals surface area contributed by atoms with Crippen molar-refractivity contribution >= 4 is 16.8 Å². The summed E-state index contributed by atoms with van der Waals surface area (Å²) in [6.45, 7) is 0.831. The summed E-state index contributed by atoms with van der Waals surface area (Å²) >= 11 is 0. The van der Waals surface area contributed by atoms with Gasteiger partial charge in [-0.05, 0) is 23.3 Å². The first-order chi connectivity index (χ1) is 16.7. The Morgan fingerprint density at radius 2 is 1.71 bits per heavy atom. The van der Waals surface area contributed by atoms with Crippen LogP contribution in [-0.4, -0.2) is 54.3 Å². The van der Waals surface area contributed by atoms with Crippen molar-refractivity contribution < 1.29 is 9.90 Å². The van der Waals surface area contributed by atoms with E-state index >= 15 is 0 Å². The molecule has 1 amide bonds. The van der Waals surface area contributed by atoms with Crippen molar-refractivity contribution in [2.45, 2.75) is 13.1 Å². The molecule has 2 N–H and O–H groups in total. The van der Waals surface area contributed by atoms with Gasteiger partial charge in [0.25, 0.3) is 5.91 Å². The minimum atomic E-state index is -0.235. The number of fused-ring (bicyclic) bond motifs is 1. The monoisotopic (exact) mass is 452 g/mol. The van der Waals surface area contributed by atoms with Crippen LogP contribution in [0.1, 0.15) is 21.6 Å². The molecular formula is C26H24N6O2. The van der Waals surface area contributed by atoms with E-state index in [-0.39, 0.29) is 19.1 Å². The van der Waals surface area contributed by atoms with Gasteiger partial charge < -0.3 is 10.0 Å². The number of aromatic amines is 1. The summed E-state index contributed by atoms with van der Waals surface area (Å²) in [5.74, 6) is -0.235. The fourth-order valence-corrected chi connectivity index (χ4v) is 4.00. The Kier molecular flexibility index (Phi) is 6.13. The Balaban J connectivity index is 1.58. The van der Waals surface area contributed by atoms with E-state index in [0.29, 0.717) is 24.5 Å². The molecule has 0 saturated carbocycles. The fraction of sp³-hybridized carbons (Fsp3) is 0.154. The van der Waals surface area contributed by atoms with Gasteiger partial charge in [-0.2, -0.15) is 5.10 Å². The lowest BCUT2D eigenvalue weighted by atomic mass is 10.1. The highest BCUT2D eigenvalue weighted by atomic mass is 16.3. The molecule has 2 heterocycles. The average Bonchev–Trinajstić information content (AvgIpc) is 3.51. The summed E-state index contributed by atoms with van der Waals surface area (Å²) in [4.78, 5) is 15.5. The largest absolute Gasteiger partial charge is 0.395 e. The van der Waals surface area contributed by atoms with Gasteiger partial charge in [0.1, 0.15) is 5.69 Å². The lowest BCUT2D eigenvalue weighted by Crippen LogP contribution is -2.35. The number of H-pyrrole nitrogens is 1. The second kappa shape index (κ2) is 9.68. The van der Waals surface area contributed by atoms with Gasteiger partial charge in [0.15, 0.2) is 5.69 Å². The number of hydrogen-bond donors (Lipinski definition) is 2. The molecule has 0 unspecified atom stereocenters. The number of aliphatic hydroxyl groups is 1. The fourth-order valence-electron chi connectivity index (χ4n) is 4.00. The summed E-state index contributed by atoms with van der Waals surface area (Å²) < 4.78 is 1.64. The van der Waals surface area contributed by atoms with E-state index in [4.69, 9.17) is 0 Å². The normalized spacial score (nSPS) is 11.1. The smallest absolute Gasteiger partial charge is 0.274 e. The topological polar surface area (TPSA) is 99.9 Å². The molecule has 3 aromatic carbocycles. The Labute approximate surface area is 196 Å². The number of amides is 1. The highest BCUT2D eigenvalue weighted by Crippen LogP contribution is 2.26. The van der Waals surface area contributed by atoms with Crippen LogP contribution in [0.15, 0.2) is 85.1 Å². The van der Waals surface area contributed by atoms with Gasteiger partial charge in [0.05, 0.1) is 24.9 Å². The summed E-state index contributed by atoms with van der Waals surface area (Å²) in [5.41, 5.74) is 4.55. The summed E-state index contributed by atoms with van der Waals surface area (Å²) in [6.07, 6.45) is 1.74. The minimum Gasteiger partial charge on any atom is -0.395 e. The SMILES string of the molecule is O=C(c1c(-c2ccc3[nH]ncc3c2)nnn1Cc1ccccc1)N(CCO)Cc1ccccc1. The molecule has 0 atom stereocenters. The van der Waals surface area contributed by atoms with E-state index in [1.54, 1.807) is 15.8 Å². The van der Waals surface area contributed by atoms with Crippen LogP contribution in [-0.2, 0) is 13.1 Å². The number of aliphatic hydroxyl groups excluding tert-OH is 1. The molecular weight excluding hydrogens is 428 g/mol. The highest BCUT2D eigenvalue weighted by Gasteiger charge is 2.26. The maximum Gasteiger partial charge on any atom is 0.274 e. The molecule has 8 heteroatoms. The maximum atomic E-state index is 13.9. The molecule has 2 aromatic heterocycles. The molecule has 0 aliphatic rings. The first kappa shape index (κ1) is 21.5. The highest BCUT2D eigenvalue weighted by molar-refractivity contribution is 5.99. The molecule has 0 bridgehead atoms. The zero-order chi connectivity index (χ0) is 23.3. The Morgan fingerprint density at radius 3 is 2.44 bits per heavy atom. The van der Waals surface area contributed by atoms with E-state index in [0.717, 1.165) is 27.6 Å². The van der Waals surface area contributed by atoms with Gasteiger partial charge in [-0.15, -0.1) is 5.10 Å². The van der Waals surface area contributed by atoms with Gasteiger partial charge in [0, 0.05) is 24.0 Å². The van der Waals surface area contributed by atoms with Crippen LogP contribution in [0.3, 0.4) is 0 Å². The summed E-state index contributed by atoms with van der Waals surface area (Å²) in [6, 6.07) is 25.3. The molecule has 170 valence electrons. The Morgan fingerprint density at radius 1 is 0.971 bits per heavy atom. The number of benzene rings is 3. The van der Waals surface area contributed by atoms with Crippen LogP contribution in [0.25, 0.3) is 22.2 Å². The lowest BCUT2D eigenvalue weighted by molar-refractivity contribution is 0.0696. The van der Waals surface area contributed by atoms with E-state index in [9.17, 15) is 9.90 Å². The predicted octanol–water partition coefficient (Wildman–Crippen LogP) is 3.50. The molecule has 0 spiro atoms. The van der Waals surface area contributed by atoms with Crippen molar-refractivity contribution in [1.82, 2.24) is 30.1 Å². The number of carbonyl (C=O) groups excluding carboxylic acids is 1. The molecule has 0 fully saturated rings. The van der Waals surface area contributed by atoms with Gasteiger partial charge in [-0.25, -0.2) is 4.68 Å².